The van der Waals surface area contributed by atoms with E-state index in [1.165, 1.54) is 12.1 Å². The summed E-state index contributed by atoms with van der Waals surface area (Å²) in [4.78, 5) is 12.7. The average Bonchev–Trinajstić information content (AvgIpc) is 3.33. The molecule has 170 valence electrons. The van der Waals surface area contributed by atoms with Crippen molar-refractivity contribution in [2.24, 2.45) is 0 Å². The van der Waals surface area contributed by atoms with Gasteiger partial charge in [-0.15, -0.1) is 0 Å². The minimum Gasteiger partial charge on any atom is -0.355 e. The van der Waals surface area contributed by atoms with Crippen molar-refractivity contribution in [1.82, 2.24) is 15.8 Å². The molecule has 7 nitrogen and oxygen atoms in total. The van der Waals surface area contributed by atoms with Crippen LogP contribution in [0.25, 0.3) is 11.3 Å². The first-order valence-electron chi connectivity index (χ1n) is 9.90. The van der Waals surface area contributed by atoms with Crippen molar-refractivity contribution in [3.05, 3.63) is 41.1 Å². The Labute approximate surface area is 178 Å². The Morgan fingerprint density at radius 3 is 2.42 bits per heavy atom. The molecule has 1 aromatic heterocycles. The molecular weight excluding hydrogens is 435 g/mol. The van der Waals surface area contributed by atoms with Crippen LogP contribution >= 0.6 is 0 Å². The minimum absolute atomic E-state index is 0.0358. The van der Waals surface area contributed by atoms with Gasteiger partial charge in [0, 0.05) is 36.5 Å². The van der Waals surface area contributed by atoms with Crippen LogP contribution in [-0.2, 0) is 22.6 Å². The standard InChI is InChI=1S/C20H24F3N3O4S/c1-31(28,29)11-10-24-12-16-17(19(27)25-15-4-2-3-5-15)26-30-18(16)13-6-8-14(9-7-13)20(21,22)23/h6-9,15,24H,2-5,10-12H2,1H3,(H,25,27). The summed E-state index contributed by atoms with van der Waals surface area (Å²) < 4.78 is 66.6. The molecule has 3 rings (SSSR count). The summed E-state index contributed by atoms with van der Waals surface area (Å²) in [5.41, 5.74) is -0.0690. The van der Waals surface area contributed by atoms with Gasteiger partial charge in [0.25, 0.3) is 5.91 Å². The van der Waals surface area contributed by atoms with Gasteiger partial charge in [0.2, 0.25) is 0 Å². The topological polar surface area (TPSA) is 101 Å². The van der Waals surface area contributed by atoms with E-state index >= 15 is 0 Å². The van der Waals surface area contributed by atoms with E-state index in [0.29, 0.717) is 11.1 Å². The third kappa shape index (κ3) is 6.30. The zero-order chi connectivity index (χ0) is 22.6. The molecule has 0 atom stereocenters. The largest absolute Gasteiger partial charge is 0.416 e. The molecule has 1 saturated carbocycles. The molecule has 1 amide bonds. The van der Waals surface area contributed by atoms with Crippen LogP contribution in [0.1, 0.15) is 47.3 Å². The predicted molar refractivity (Wildman–Crippen MR) is 108 cm³/mol. The number of nitrogens with zero attached hydrogens (tertiary/aromatic N) is 1. The van der Waals surface area contributed by atoms with Crippen LogP contribution in [0.3, 0.4) is 0 Å². The van der Waals surface area contributed by atoms with Gasteiger partial charge in [0.1, 0.15) is 9.84 Å². The smallest absolute Gasteiger partial charge is 0.355 e. The molecule has 0 radical (unpaired) electrons. The summed E-state index contributed by atoms with van der Waals surface area (Å²) in [5.74, 6) is -0.358. The van der Waals surface area contributed by atoms with Crippen LogP contribution in [0.5, 0.6) is 0 Å². The van der Waals surface area contributed by atoms with Gasteiger partial charge < -0.3 is 15.2 Å². The number of sulfone groups is 1. The highest BCUT2D eigenvalue weighted by atomic mass is 32.2. The fourth-order valence-electron chi connectivity index (χ4n) is 3.48. The first-order valence-corrected chi connectivity index (χ1v) is 12.0. The number of hydrogen-bond donors (Lipinski definition) is 2. The van der Waals surface area contributed by atoms with Crippen molar-refractivity contribution in [1.29, 1.82) is 0 Å². The van der Waals surface area contributed by atoms with Gasteiger partial charge in [-0.1, -0.05) is 30.1 Å². The highest BCUT2D eigenvalue weighted by molar-refractivity contribution is 7.90. The zero-order valence-corrected chi connectivity index (χ0v) is 17.8. The Balaban J connectivity index is 1.85. The average molecular weight is 459 g/mol. The number of rotatable bonds is 8. The molecule has 1 aliphatic carbocycles. The van der Waals surface area contributed by atoms with Crippen molar-refractivity contribution < 1.29 is 30.9 Å². The fraction of sp³-hybridized carbons (Fsp3) is 0.500. The molecule has 1 heterocycles. The summed E-state index contributed by atoms with van der Waals surface area (Å²) in [7, 11) is -3.18. The summed E-state index contributed by atoms with van der Waals surface area (Å²) >= 11 is 0. The summed E-state index contributed by atoms with van der Waals surface area (Å²) in [6.07, 6.45) is 0.444. The lowest BCUT2D eigenvalue weighted by Gasteiger charge is -2.12. The second-order valence-corrected chi connectivity index (χ2v) is 9.94. The number of nitrogens with one attached hydrogen (secondary N) is 2. The zero-order valence-electron chi connectivity index (χ0n) is 17.0. The van der Waals surface area contributed by atoms with E-state index in [1.54, 1.807) is 0 Å². The van der Waals surface area contributed by atoms with E-state index in [-0.39, 0.29) is 36.3 Å². The molecule has 1 fully saturated rings. The molecule has 2 aromatic rings. The van der Waals surface area contributed by atoms with Crippen molar-refractivity contribution in [3.63, 3.8) is 0 Å². The van der Waals surface area contributed by atoms with Crippen LogP contribution in [0.2, 0.25) is 0 Å². The van der Waals surface area contributed by atoms with E-state index in [4.69, 9.17) is 4.52 Å². The lowest BCUT2D eigenvalue weighted by molar-refractivity contribution is -0.137. The van der Waals surface area contributed by atoms with Crippen molar-refractivity contribution >= 4 is 15.7 Å². The first-order chi connectivity index (χ1) is 14.5. The molecule has 11 heteroatoms. The fourth-order valence-corrected chi connectivity index (χ4v) is 4.00. The number of carbonyl (C=O) groups is 1. The molecule has 2 N–H and O–H groups in total. The van der Waals surface area contributed by atoms with Crippen LogP contribution in [0.4, 0.5) is 13.2 Å². The number of halogens is 3. The lowest BCUT2D eigenvalue weighted by Crippen LogP contribution is -2.34. The minimum atomic E-state index is -4.47. The maximum absolute atomic E-state index is 12.9. The maximum Gasteiger partial charge on any atom is 0.416 e. The number of carbonyl (C=O) groups excluding carboxylic acids is 1. The number of aromatic nitrogens is 1. The van der Waals surface area contributed by atoms with Gasteiger partial charge in [-0.25, -0.2) is 8.42 Å². The molecule has 1 aromatic carbocycles. The Kier molecular flexibility index (Phi) is 7.05. The number of alkyl halides is 3. The van der Waals surface area contributed by atoms with E-state index in [9.17, 15) is 26.4 Å². The Bertz CT molecular complexity index is 1010. The predicted octanol–water partition coefficient (Wildman–Crippen LogP) is 3.17. The van der Waals surface area contributed by atoms with E-state index in [1.807, 2.05) is 0 Å². The molecule has 31 heavy (non-hydrogen) atoms. The molecule has 0 saturated heterocycles. The molecule has 0 unspecified atom stereocenters. The molecule has 0 bridgehead atoms. The monoisotopic (exact) mass is 459 g/mol. The maximum atomic E-state index is 12.9. The molecular formula is C20H24F3N3O4S. The Morgan fingerprint density at radius 2 is 1.84 bits per heavy atom. The van der Waals surface area contributed by atoms with Gasteiger partial charge in [-0.2, -0.15) is 13.2 Å². The van der Waals surface area contributed by atoms with Crippen molar-refractivity contribution in [2.45, 2.75) is 44.4 Å². The molecule has 1 aliphatic rings. The van der Waals surface area contributed by atoms with Gasteiger partial charge in [0.05, 0.1) is 11.3 Å². The number of amides is 1. The second kappa shape index (κ2) is 9.39. The highest BCUT2D eigenvalue weighted by Crippen LogP contribution is 2.32. The third-order valence-corrected chi connectivity index (χ3v) is 6.07. The van der Waals surface area contributed by atoms with Gasteiger partial charge in [0.15, 0.2) is 11.5 Å². The second-order valence-electron chi connectivity index (χ2n) is 7.68. The van der Waals surface area contributed by atoms with Crippen LogP contribution in [0, 0.1) is 0 Å². The van der Waals surface area contributed by atoms with Crippen molar-refractivity contribution in [3.8, 4) is 11.3 Å². The lowest BCUT2D eigenvalue weighted by atomic mass is 10.0. The van der Waals surface area contributed by atoms with Crippen molar-refractivity contribution in [2.75, 3.05) is 18.6 Å². The molecule has 0 aliphatic heterocycles. The van der Waals surface area contributed by atoms with Gasteiger partial charge in [-0.05, 0) is 25.0 Å². The summed E-state index contributed by atoms with van der Waals surface area (Å²) in [6.45, 7) is 0.211. The first kappa shape index (κ1) is 23.3. The Morgan fingerprint density at radius 1 is 1.19 bits per heavy atom. The van der Waals surface area contributed by atoms with Crippen LogP contribution in [0.15, 0.2) is 28.8 Å². The van der Waals surface area contributed by atoms with Gasteiger partial charge >= 0.3 is 6.18 Å². The SMILES string of the molecule is CS(=O)(=O)CCNCc1c(C(=O)NC2CCCC2)noc1-c1ccc(C(F)(F)F)cc1. The quantitative estimate of drug-likeness (QED) is 0.588. The normalized spacial score (nSPS) is 15.4. The van der Waals surface area contributed by atoms with Crippen LogP contribution < -0.4 is 10.6 Å². The van der Waals surface area contributed by atoms with E-state index in [2.05, 4.69) is 15.8 Å². The summed E-state index contributed by atoms with van der Waals surface area (Å²) in [6, 6.07) is 4.41. The van der Waals surface area contributed by atoms with E-state index < -0.39 is 27.5 Å². The Hall–Kier alpha value is -2.40. The van der Waals surface area contributed by atoms with Crippen LogP contribution in [-0.4, -0.2) is 44.1 Å². The van der Waals surface area contributed by atoms with Gasteiger partial charge in [-0.3, -0.25) is 4.79 Å². The number of benzene rings is 1. The highest BCUT2D eigenvalue weighted by Gasteiger charge is 2.31. The summed E-state index contributed by atoms with van der Waals surface area (Å²) in [5, 5.41) is 9.72. The van der Waals surface area contributed by atoms with E-state index in [0.717, 1.165) is 44.1 Å². The third-order valence-electron chi connectivity index (χ3n) is 5.12. The number of hydrogen-bond acceptors (Lipinski definition) is 6. The molecule has 0 spiro atoms.